The van der Waals surface area contributed by atoms with Crippen molar-refractivity contribution in [1.82, 2.24) is 5.32 Å². The standard InChI is InChI=1S/C13H18N2O3/c1-13(2,3)18-12(17)15-8-9-4-6-10(7-5-9)11(14)16/h4-7H,8H2,1-3H3,(H2,14,16)(H,15,17)/i8D2. The summed E-state index contributed by atoms with van der Waals surface area (Å²) in [7, 11) is 0. The van der Waals surface area contributed by atoms with Gasteiger partial charge in [0.05, 0.1) is 2.74 Å². The summed E-state index contributed by atoms with van der Waals surface area (Å²) in [5, 5.41) is 2.13. The van der Waals surface area contributed by atoms with E-state index in [1.165, 1.54) is 24.3 Å². The van der Waals surface area contributed by atoms with Gasteiger partial charge in [-0.15, -0.1) is 0 Å². The first-order valence-corrected chi connectivity index (χ1v) is 5.43. The molecule has 5 heteroatoms. The van der Waals surface area contributed by atoms with Crippen LogP contribution in [0.15, 0.2) is 24.3 Å². The maximum atomic E-state index is 11.6. The Morgan fingerprint density at radius 2 is 1.89 bits per heavy atom. The Bertz CT molecular complexity index is 507. The summed E-state index contributed by atoms with van der Waals surface area (Å²) in [6.07, 6.45) is -0.860. The van der Waals surface area contributed by atoms with E-state index >= 15 is 0 Å². The van der Waals surface area contributed by atoms with Crippen LogP contribution in [0.4, 0.5) is 4.79 Å². The van der Waals surface area contributed by atoms with Crippen molar-refractivity contribution in [2.75, 3.05) is 0 Å². The van der Waals surface area contributed by atoms with Crippen LogP contribution >= 0.6 is 0 Å². The third-order valence-electron chi connectivity index (χ3n) is 1.88. The zero-order valence-corrected chi connectivity index (χ0v) is 10.6. The number of alkyl carbamates (subject to hydrolysis) is 1. The maximum Gasteiger partial charge on any atom is 0.407 e. The predicted octanol–water partition coefficient (Wildman–Crippen LogP) is 1.81. The van der Waals surface area contributed by atoms with Crippen LogP contribution in [-0.4, -0.2) is 17.6 Å². The molecular formula is C13H18N2O3. The highest BCUT2D eigenvalue weighted by atomic mass is 16.6. The Morgan fingerprint density at radius 1 is 1.33 bits per heavy atom. The van der Waals surface area contributed by atoms with Crippen LogP contribution in [0.3, 0.4) is 0 Å². The number of ether oxygens (including phenoxy) is 1. The van der Waals surface area contributed by atoms with E-state index in [1.807, 2.05) is 0 Å². The third-order valence-corrected chi connectivity index (χ3v) is 1.88. The van der Waals surface area contributed by atoms with Gasteiger partial charge in [0.2, 0.25) is 5.91 Å². The van der Waals surface area contributed by atoms with Crippen LogP contribution in [0.5, 0.6) is 0 Å². The molecule has 0 fully saturated rings. The number of primary amides is 1. The predicted molar refractivity (Wildman–Crippen MR) is 68.0 cm³/mol. The smallest absolute Gasteiger partial charge is 0.407 e. The molecule has 0 bridgehead atoms. The van der Waals surface area contributed by atoms with Gasteiger partial charge in [-0.05, 0) is 38.5 Å². The zero-order valence-electron chi connectivity index (χ0n) is 12.6. The van der Waals surface area contributed by atoms with E-state index in [9.17, 15) is 9.59 Å². The number of hydrogen-bond acceptors (Lipinski definition) is 3. The van der Waals surface area contributed by atoms with E-state index in [4.69, 9.17) is 13.2 Å². The van der Waals surface area contributed by atoms with Crippen molar-refractivity contribution in [1.29, 1.82) is 0 Å². The summed E-state index contributed by atoms with van der Waals surface area (Å²) in [6, 6.07) is 5.56. The first-order valence-electron chi connectivity index (χ1n) is 6.43. The van der Waals surface area contributed by atoms with Crippen molar-refractivity contribution in [2.45, 2.75) is 32.9 Å². The summed E-state index contributed by atoms with van der Waals surface area (Å²) in [4.78, 5) is 22.5. The second-order valence-electron chi connectivity index (χ2n) is 4.69. The Balaban J connectivity index is 2.82. The number of nitrogens with one attached hydrogen (secondary N) is 1. The fourth-order valence-corrected chi connectivity index (χ4v) is 1.14. The average Bonchev–Trinajstić information content (AvgIpc) is 2.25. The Kier molecular flexibility index (Phi) is 3.40. The largest absolute Gasteiger partial charge is 0.444 e. The molecular weight excluding hydrogens is 232 g/mol. The molecule has 0 saturated heterocycles. The van der Waals surface area contributed by atoms with E-state index in [0.717, 1.165) is 0 Å². The molecule has 0 aliphatic carbocycles. The number of nitrogens with two attached hydrogens (primary N) is 1. The Hall–Kier alpha value is -2.04. The van der Waals surface area contributed by atoms with E-state index < -0.39 is 24.1 Å². The molecule has 0 aromatic heterocycles. The molecule has 0 heterocycles. The fraction of sp³-hybridized carbons (Fsp3) is 0.385. The number of carbonyl (C=O) groups excluding carboxylic acids is 2. The SMILES string of the molecule is [2H]C([2H])(NC(=O)OC(C)(C)C)c1ccc(C(N)=O)cc1. The van der Waals surface area contributed by atoms with E-state index in [-0.39, 0.29) is 11.1 Å². The molecule has 0 radical (unpaired) electrons. The summed E-state index contributed by atoms with van der Waals surface area (Å²) >= 11 is 0. The lowest BCUT2D eigenvalue weighted by Gasteiger charge is -2.19. The molecule has 0 saturated carbocycles. The van der Waals surface area contributed by atoms with Crippen molar-refractivity contribution >= 4 is 12.0 Å². The van der Waals surface area contributed by atoms with Gasteiger partial charge in [-0.1, -0.05) is 12.1 Å². The van der Waals surface area contributed by atoms with E-state index in [2.05, 4.69) is 5.32 Å². The number of carbonyl (C=O) groups is 2. The number of hydrogen-bond donors (Lipinski definition) is 2. The van der Waals surface area contributed by atoms with Crippen LogP contribution in [0.2, 0.25) is 0 Å². The molecule has 0 aliphatic heterocycles. The van der Waals surface area contributed by atoms with E-state index in [0.29, 0.717) is 0 Å². The van der Waals surface area contributed by atoms with Gasteiger partial charge in [-0.3, -0.25) is 4.79 Å². The molecule has 5 nitrogen and oxygen atoms in total. The van der Waals surface area contributed by atoms with Gasteiger partial charge >= 0.3 is 6.09 Å². The Morgan fingerprint density at radius 3 is 2.33 bits per heavy atom. The molecule has 1 aromatic rings. The minimum Gasteiger partial charge on any atom is -0.444 e. The Labute approximate surface area is 109 Å². The molecule has 0 atom stereocenters. The summed E-state index contributed by atoms with van der Waals surface area (Å²) < 4.78 is 20.6. The van der Waals surface area contributed by atoms with Gasteiger partial charge in [-0.2, -0.15) is 0 Å². The van der Waals surface area contributed by atoms with Crippen LogP contribution < -0.4 is 11.1 Å². The third kappa shape index (κ3) is 4.86. The molecule has 18 heavy (non-hydrogen) atoms. The van der Waals surface area contributed by atoms with Crippen LogP contribution in [-0.2, 0) is 11.2 Å². The summed E-state index contributed by atoms with van der Waals surface area (Å²) in [6.45, 7) is 2.94. The number of benzene rings is 1. The van der Waals surface area contributed by atoms with Crippen LogP contribution in [0.25, 0.3) is 0 Å². The highest BCUT2D eigenvalue weighted by Gasteiger charge is 2.15. The summed E-state index contributed by atoms with van der Waals surface area (Å²) in [5.74, 6) is -0.600. The van der Waals surface area contributed by atoms with Crippen molar-refractivity contribution in [3.8, 4) is 0 Å². The first-order chi connectivity index (χ1) is 9.01. The normalized spacial score (nSPS) is 13.3. The minimum atomic E-state index is -2.11. The summed E-state index contributed by atoms with van der Waals surface area (Å²) in [5.41, 5.74) is 4.84. The molecule has 1 rings (SSSR count). The van der Waals surface area contributed by atoms with Gasteiger partial charge in [0.25, 0.3) is 0 Å². The molecule has 0 spiro atoms. The van der Waals surface area contributed by atoms with E-state index in [1.54, 1.807) is 20.8 Å². The van der Waals surface area contributed by atoms with Crippen LogP contribution in [0.1, 0.15) is 39.4 Å². The van der Waals surface area contributed by atoms with Crippen molar-refractivity contribution < 1.29 is 17.1 Å². The lowest BCUT2D eigenvalue weighted by Crippen LogP contribution is -2.32. The highest BCUT2D eigenvalue weighted by Crippen LogP contribution is 2.07. The molecule has 3 N–H and O–H groups in total. The van der Waals surface area contributed by atoms with Gasteiger partial charge in [0, 0.05) is 12.1 Å². The highest BCUT2D eigenvalue weighted by molar-refractivity contribution is 5.92. The number of rotatable bonds is 3. The topological polar surface area (TPSA) is 81.4 Å². The van der Waals surface area contributed by atoms with Crippen molar-refractivity contribution in [3.05, 3.63) is 35.4 Å². The van der Waals surface area contributed by atoms with Crippen LogP contribution in [0, 0.1) is 0 Å². The average molecular weight is 252 g/mol. The van der Waals surface area contributed by atoms with Crippen molar-refractivity contribution in [3.63, 3.8) is 0 Å². The van der Waals surface area contributed by atoms with Crippen molar-refractivity contribution in [2.24, 2.45) is 5.73 Å². The first kappa shape index (κ1) is 11.1. The second-order valence-corrected chi connectivity index (χ2v) is 4.69. The molecule has 1 aromatic carbocycles. The minimum absolute atomic E-state index is 0.188. The molecule has 98 valence electrons. The molecule has 0 aliphatic rings. The lowest BCUT2D eigenvalue weighted by atomic mass is 10.1. The quantitative estimate of drug-likeness (QED) is 0.860. The van der Waals surface area contributed by atoms with Gasteiger partial charge in [0.15, 0.2) is 0 Å². The fourth-order valence-electron chi connectivity index (χ4n) is 1.14. The van der Waals surface area contributed by atoms with Gasteiger partial charge in [0.1, 0.15) is 5.60 Å². The number of amides is 2. The lowest BCUT2D eigenvalue weighted by molar-refractivity contribution is 0.0523. The van der Waals surface area contributed by atoms with Gasteiger partial charge in [-0.25, -0.2) is 4.79 Å². The molecule has 2 amide bonds. The second kappa shape index (κ2) is 5.53. The monoisotopic (exact) mass is 252 g/mol. The molecule has 0 unspecified atom stereocenters. The zero-order chi connectivity index (χ0) is 15.6. The van der Waals surface area contributed by atoms with Gasteiger partial charge < -0.3 is 15.8 Å². The maximum absolute atomic E-state index is 11.6.